The molecule has 0 radical (unpaired) electrons. The lowest BCUT2D eigenvalue weighted by molar-refractivity contribution is -0.135. The summed E-state index contributed by atoms with van der Waals surface area (Å²) in [4.78, 5) is 12.2. The molecule has 2 N–H and O–H groups in total. The minimum absolute atomic E-state index is 0.0443. The Balaban J connectivity index is 1.22. The summed E-state index contributed by atoms with van der Waals surface area (Å²) >= 11 is 0. The number of fused-ring (bicyclic) bond motifs is 1. The van der Waals surface area contributed by atoms with E-state index < -0.39 is 6.10 Å². The zero-order valence-corrected chi connectivity index (χ0v) is 24.8. The van der Waals surface area contributed by atoms with Crippen molar-refractivity contribution in [3.63, 3.8) is 0 Å². The van der Waals surface area contributed by atoms with Gasteiger partial charge in [0.2, 0.25) is 6.79 Å². The smallest absolute Gasteiger partial charge is 0.314 e. The molecule has 0 saturated heterocycles. The number of benzene rings is 3. The van der Waals surface area contributed by atoms with Gasteiger partial charge in [0.25, 0.3) is 0 Å². The summed E-state index contributed by atoms with van der Waals surface area (Å²) < 4.78 is 22.8. The molecule has 0 spiro atoms. The van der Waals surface area contributed by atoms with Crippen LogP contribution >= 0.6 is 0 Å². The molecule has 2 saturated carbocycles. The highest BCUT2D eigenvalue weighted by Crippen LogP contribution is 2.40. The van der Waals surface area contributed by atoms with Crippen LogP contribution in [0.25, 0.3) is 11.1 Å². The van der Waals surface area contributed by atoms with Crippen molar-refractivity contribution in [3.05, 3.63) is 83.4 Å². The number of esters is 1. The van der Waals surface area contributed by atoms with Crippen LogP contribution in [-0.2, 0) is 4.79 Å². The highest BCUT2D eigenvalue weighted by molar-refractivity contribution is 5.99. The van der Waals surface area contributed by atoms with Crippen LogP contribution in [-0.4, -0.2) is 43.2 Å². The third-order valence-electron chi connectivity index (χ3n) is 8.48. The minimum Gasteiger partial charge on any atom is -0.491 e. The maximum atomic E-state index is 12.2. The van der Waals surface area contributed by atoms with Gasteiger partial charge in [-0.1, -0.05) is 56.5 Å². The standard InChI is InChI=1S/C36H41NO6/c1-2-32(27-14-19-33-34(20-27)42-23-41-33)35(25-12-17-31(18-13-25)43-36(39)26-8-9-26)24-10-15-30(16-11-24)40-22-29(38)21-37-28-6-4-3-5-7-28/h10-20,26,28-29,37-38H,2-9,21-23H2,1H3/b35-32+. The number of nitrogens with one attached hydrogen (secondary N) is 1. The van der Waals surface area contributed by atoms with Gasteiger partial charge in [-0.2, -0.15) is 0 Å². The minimum atomic E-state index is -0.567. The van der Waals surface area contributed by atoms with E-state index in [1.807, 2.05) is 48.5 Å². The number of allylic oxidation sites excluding steroid dienone is 1. The quantitative estimate of drug-likeness (QED) is 0.138. The van der Waals surface area contributed by atoms with Crippen molar-refractivity contribution in [2.45, 2.75) is 70.4 Å². The van der Waals surface area contributed by atoms with Crippen molar-refractivity contribution >= 4 is 17.1 Å². The summed E-state index contributed by atoms with van der Waals surface area (Å²) in [6.45, 7) is 3.15. The molecular formula is C36H41NO6. The summed E-state index contributed by atoms with van der Waals surface area (Å²) in [5.74, 6) is 2.65. The third-order valence-corrected chi connectivity index (χ3v) is 8.48. The van der Waals surface area contributed by atoms with Crippen LogP contribution < -0.4 is 24.3 Å². The molecule has 0 aromatic heterocycles. The third kappa shape index (κ3) is 7.40. The first-order valence-electron chi connectivity index (χ1n) is 15.7. The molecular weight excluding hydrogens is 542 g/mol. The first-order chi connectivity index (χ1) is 21.1. The number of hydrogen-bond acceptors (Lipinski definition) is 7. The molecule has 2 fully saturated rings. The molecule has 1 heterocycles. The Bertz CT molecular complexity index is 1420. The molecule has 7 heteroatoms. The van der Waals surface area contributed by atoms with Gasteiger partial charge >= 0.3 is 5.97 Å². The van der Waals surface area contributed by atoms with E-state index in [9.17, 15) is 9.90 Å². The predicted molar refractivity (Wildman–Crippen MR) is 166 cm³/mol. The number of carbonyl (C=O) groups excluding carboxylic acids is 1. The van der Waals surface area contributed by atoms with E-state index in [0.29, 0.717) is 24.1 Å². The summed E-state index contributed by atoms with van der Waals surface area (Å²) in [6.07, 6.45) is 8.25. The fourth-order valence-corrected chi connectivity index (χ4v) is 5.91. The SMILES string of the molecule is CC/C(=C(/c1ccc(OCC(O)CNC2CCCCC2)cc1)c1ccc(OC(=O)C2CC2)cc1)c1ccc2c(c1)OCO2. The Kier molecular flexibility index (Phi) is 9.30. The van der Waals surface area contributed by atoms with Crippen molar-refractivity contribution in [2.24, 2.45) is 5.92 Å². The van der Waals surface area contributed by atoms with E-state index in [2.05, 4.69) is 30.4 Å². The first kappa shape index (κ1) is 29.3. The maximum absolute atomic E-state index is 12.2. The molecule has 0 amide bonds. The molecule has 6 rings (SSSR count). The normalized spacial score (nSPS) is 17.7. The van der Waals surface area contributed by atoms with E-state index >= 15 is 0 Å². The zero-order chi connectivity index (χ0) is 29.6. The summed E-state index contributed by atoms with van der Waals surface area (Å²) in [5.41, 5.74) is 5.33. The number of aliphatic hydroxyl groups excluding tert-OH is 1. The second-order valence-corrected chi connectivity index (χ2v) is 11.7. The average molecular weight is 584 g/mol. The Morgan fingerprint density at radius 2 is 1.51 bits per heavy atom. The largest absolute Gasteiger partial charge is 0.491 e. The van der Waals surface area contributed by atoms with Crippen LogP contribution in [0.15, 0.2) is 66.7 Å². The summed E-state index contributed by atoms with van der Waals surface area (Å²) in [7, 11) is 0. The highest BCUT2D eigenvalue weighted by Gasteiger charge is 2.31. The Hall–Kier alpha value is -3.81. The molecule has 7 nitrogen and oxygen atoms in total. The van der Waals surface area contributed by atoms with Gasteiger partial charge in [0, 0.05) is 12.6 Å². The lowest BCUT2D eigenvalue weighted by Gasteiger charge is -2.24. The molecule has 226 valence electrons. The fraction of sp³-hybridized carbons (Fsp3) is 0.417. The number of carbonyl (C=O) groups is 1. The van der Waals surface area contributed by atoms with Crippen molar-refractivity contribution in [1.82, 2.24) is 5.32 Å². The van der Waals surface area contributed by atoms with E-state index in [4.69, 9.17) is 18.9 Å². The molecule has 0 bridgehead atoms. The van der Waals surface area contributed by atoms with Gasteiger partial charge in [-0.25, -0.2) is 0 Å². The molecule has 1 unspecified atom stereocenters. The molecule has 1 atom stereocenters. The topological polar surface area (TPSA) is 86.2 Å². The molecule has 3 aliphatic rings. The van der Waals surface area contributed by atoms with Gasteiger partial charge in [0.1, 0.15) is 24.2 Å². The fourth-order valence-electron chi connectivity index (χ4n) is 5.91. The van der Waals surface area contributed by atoms with E-state index in [0.717, 1.165) is 58.6 Å². The maximum Gasteiger partial charge on any atom is 0.314 e. The first-order valence-corrected chi connectivity index (χ1v) is 15.7. The van der Waals surface area contributed by atoms with Crippen LogP contribution in [0.5, 0.6) is 23.0 Å². The van der Waals surface area contributed by atoms with Crippen LogP contribution in [0.2, 0.25) is 0 Å². The van der Waals surface area contributed by atoms with Gasteiger partial charge < -0.3 is 29.4 Å². The van der Waals surface area contributed by atoms with Crippen LogP contribution in [0, 0.1) is 5.92 Å². The number of ether oxygens (including phenoxy) is 4. The molecule has 3 aromatic carbocycles. The molecule has 2 aliphatic carbocycles. The van der Waals surface area contributed by atoms with E-state index in [1.165, 1.54) is 32.1 Å². The van der Waals surface area contributed by atoms with E-state index in [1.54, 1.807) is 0 Å². The second-order valence-electron chi connectivity index (χ2n) is 11.7. The monoisotopic (exact) mass is 583 g/mol. The van der Waals surface area contributed by atoms with Crippen LogP contribution in [0.1, 0.15) is 75.0 Å². The summed E-state index contributed by atoms with van der Waals surface area (Å²) in [6, 6.07) is 22.3. The van der Waals surface area contributed by atoms with Gasteiger partial charge in [-0.05, 0) is 96.3 Å². The van der Waals surface area contributed by atoms with Crippen molar-refractivity contribution in [3.8, 4) is 23.0 Å². The van der Waals surface area contributed by atoms with Gasteiger partial charge in [-0.3, -0.25) is 4.79 Å². The lowest BCUT2D eigenvalue weighted by Crippen LogP contribution is -2.38. The van der Waals surface area contributed by atoms with Gasteiger partial charge in [-0.15, -0.1) is 0 Å². The van der Waals surface area contributed by atoms with Gasteiger partial charge in [0.05, 0.1) is 5.92 Å². The molecule has 3 aromatic rings. The number of hydrogen-bond donors (Lipinski definition) is 2. The molecule has 1 aliphatic heterocycles. The Morgan fingerprint density at radius 3 is 2.19 bits per heavy atom. The second kappa shape index (κ2) is 13.7. The highest BCUT2D eigenvalue weighted by atomic mass is 16.7. The van der Waals surface area contributed by atoms with Crippen molar-refractivity contribution < 1.29 is 28.8 Å². The van der Waals surface area contributed by atoms with Gasteiger partial charge in [0.15, 0.2) is 11.5 Å². The average Bonchev–Trinajstić information content (AvgIpc) is 3.80. The lowest BCUT2D eigenvalue weighted by atomic mass is 9.88. The number of rotatable bonds is 12. The number of aliphatic hydroxyl groups is 1. The predicted octanol–water partition coefficient (Wildman–Crippen LogP) is 6.76. The molecule has 43 heavy (non-hydrogen) atoms. The Morgan fingerprint density at radius 1 is 0.860 bits per heavy atom. The zero-order valence-electron chi connectivity index (χ0n) is 24.8. The van der Waals surface area contributed by atoms with Crippen LogP contribution in [0.4, 0.5) is 0 Å². The van der Waals surface area contributed by atoms with Crippen molar-refractivity contribution in [1.29, 1.82) is 0 Å². The van der Waals surface area contributed by atoms with Crippen LogP contribution in [0.3, 0.4) is 0 Å². The van der Waals surface area contributed by atoms with Crippen molar-refractivity contribution in [2.75, 3.05) is 19.9 Å². The van der Waals surface area contributed by atoms with E-state index in [-0.39, 0.29) is 25.3 Å². The summed E-state index contributed by atoms with van der Waals surface area (Å²) in [5, 5.41) is 14.0. The Labute approximate surface area is 253 Å².